The van der Waals surface area contributed by atoms with Crippen molar-refractivity contribution in [2.24, 2.45) is 5.92 Å². The minimum Gasteiger partial charge on any atom is -0.497 e. The first kappa shape index (κ1) is 32.5. The molecule has 2 aliphatic rings. The molecule has 0 bridgehead atoms. The molecule has 2 aliphatic heterocycles. The Morgan fingerprint density at radius 2 is 1.60 bits per heavy atom. The van der Waals surface area contributed by atoms with Gasteiger partial charge in [-0.3, -0.25) is 14.5 Å². The number of aliphatic hydroxyl groups is 1. The zero-order valence-corrected chi connectivity index (χ0v) is 28.6. The molecule has 244 valence electrons. The average Bonchev–Trinajstić information content (AvgIpc) is 3.52. The van der Waals surface area contributed by atoms with Crippen molar-refractivity contribution < 1.29 is 28.9 Å². The molecule has 4 aromatic rings. The zero-order valence-electron chi connectivity index (χ0n) is 27.6. The van der Waals surface area contributed by atoms with E-state index in [-0.39, 0.29) is 30.1 Å². The fraction of sp³-hybridized carbons (Fsp3) is 0.316. The Morgan fingerprint density at radius 3 is 2.26 bits per heavy atom. The summed E-state index contributed by atoms with van der Waals surface area (Å²) in [6.45, 7) is 7.03. The molecule has 6 rings (SSSR count). The van der Waals surface area contributed by atoms with Crippen molar-refractivity contribution >= 4 is 42.6 Å². The molecule has 0 radical (unpaired) electrons. The van der Waals surface area contributed by atoms with Gasteiger partial charge in [-0.2, -0.15) is 0 Å². The monoisotopic (exact) mass is 650 g/mol. The van der Waals surface area contributed by atoms with Gasteiger partial charge in [0.15, 0.2) is 5.60 Å². The van der Waals surface area contributed by atoms with Crippen LogP contribution in [0.3, 0.4) is 0 Å². The van der Waals surface area contributed by atoms with E-state index in [1.54, 1.807) is 24.0 Å². The first-order chi connectivity index (χ1) is 22.7. The van der Waals surface area contributed by atoms with Gasteiger partial charge in [0.2, 0.25) is 6.41 Å². The number of hydrogen-bond acceptors (Lipinski definition) is 6. The highest BCUT2D eigenvalue weighted by atomic mass is 28.3. The summed E-state index contributed by atoms with van der Waals surface area (Å²) < 4.78 is 18.1. The number of amides is 2. The molecule has 0 aromatic heterocycles. The minimum atomic E-state index is -2.30. The number of fused-ring (bicyclic) bond motifs is 2. The second-order valence-electron chi connectivity index (χ2n) is 12.9. The van der Waals surface area contributed by atoms with Crippen LogP contribution in [0.1, 0.15) is 24.5 Å². The van der Waals surface area contributed by atoms with E-state index in [1.807, 2.05) is 84.9 Å². The third-order valence-electron chi connectivity index (χ3n) is 10.1. The number of carbonyl (C=O) groups excluding carboxylic acids is 2. The fourth-order valence-electron chi connectivity index (χ4n) is 7.82. The summed E-state index contributed by atoms with van der Waals surface area (Å²) in [5.41, 5.74) is 2.68. The topological polar surface area (TPSA) is 88.5 Å². The summed E-state index contributed by atoms with van der Waals surface area (Å²) in [5.74, 6) is 1.12. The summed E-state index contributed by atoms with van der Waals surface area (Å²) in [6.07, 6.45) is 0.909. The maximum absolute atomic E-state index is 15.0. The van der Waals surface area contributed by atoms with Gasteiger partial charge in [0, 0.05) is 29.5 Å². The predicted molar refractivity (Wildman–Crippen MR) is 187 cm³/mol. The molecule has 8 nitrogen and oxygen atoms in total. The van der Waals surface area contributed by atoms with Gasteiger partial charge in [-0.25, -0.2) is 0 Å². The Kier molecular flexibility index (Phi) is 8.98. The molecule has 1 spiro atoms. The number of ether oxygens (including phenoxy) is 3. The number of aliphatic hydroxyl groups excluding tert-OH is 1. The zero-order chi connectivity index (χ0) is 33.3. The van der Waals surface area contributed by atoms with Gasteiger partial charge in [-0.15, -0.1) is 0 Å². The summed E-state index contributed by atoms with van der Waals surface area (Å²) in [4.78, 5) is 30.6. The van der Waals surface area contributed by atoms with E-state index in [9.17, 15) is 14.7 Å². The molecule has 9 heteroatoms. The van der Waals surface area contributed by atoms with E-state index >= 15 is 0 Å². The van der Waals surface area contributed by atoms with Gasteiger partial charge in [-0.05, 0) is 72.1 Å². The maximum atomic E-state index is 15.0. The maximum Gasteiger partial charge on any atom is 0.264 e. The van der Waals surface area contributed by atoms with Gasteiger partial charge in [-0.1, -0.05) is 67.7 Å². The summed E-state index contributed by atoms with van der Waals surface area (Å²) in [7, 11) is 0.984. The molecule has 4 atom stereocenters. The van der Waals surface area contributed by atoms with E-state index in [0.29, 0.717) is 24.4 Å². The van der Waals surface area contributed by atoms with Crippen molar-refractivity contribution in [3.05, 3.63) is 108 Å². The van der Waals surface area contributed by atoms with Crippen LogP contribution in [-0.2, 0) is 26.5 Å². The van der Waals surface area contributed by atoms with Crippen molar-refractivity contribution in [3.63, 3.8) is 0 Å². The van der Waals surface area contributed by atoms with Crippen LogP contribution in [0.15, 0.2) is 97.1 Å². The molecular formula is C38H42N2O6Si. The van der Waals surface area contributed by atoms with Gasteiger partial charge >= 0.3 is 0 Å². The normalized spacial score (nSPS) is 22.0. The third-order valence-corrected chi connectivity index (χ3v) is 14.5. The van der Waals surface area contributed by atoms with Crippen molar-refractivity contribution in [3.8, 4) is 11.5 Å². The van der Waals surface area contributed by atoms with Crippen molar-refractivity contribution in [2.45, 2.75) is 50.2 Å². The van der Waals surface area contributed by atoms with Crippen LogP contribution >= 0.6 is 0 Å². The number of nitrogens with zero attached hydrogens (tertiary/aromatic N) is 2. The van der Waals surface area contributed by atoms with E-state index in [2.05, 4.69) is 32.2 Å². The standard InChI is InChI=1S/C38H42N2O6Si/c1-26-36(47(4,5)32-17-14-30(44-2)15-18-32)35(20-21-41)46-38(26)33-23-31(45-3)16-19-34(33)39(37(38)43)24-27-10-9-13-29(22-27)40(25-42)28-11-7-6-8-12-28/h6-19,22-23,25-26,35-36,41H,20-21,24H2,1-5H3/t26-,35+,36-,38+/m1/s1. The lowest BCUT2D eigenvalue weighted by atomic mass is 9.82. The van der Waals surface area contributed by atoms with Gasteiger partial charge in [0.05, 0.1) is 40.6 Å². The number of carbonyl (C=O) groups is 2. The Bertz CT molecular complexity index is 1750. The number of anilines is 3. The summed E-state index contributed by atoms with van der Waals surface area (Å²) in [5, 5.41) is 11.4. The molecule has 4 aromatic carbocycles. The average molecular weight is 651 g/mol. The Balaban J connectivity index is 1.40. The highest BCUT2D eigenvalue weighted by molar-refractivity contribution is 6.91. The van der Waals surface area contributed by atoms with Gasteiger partial charge in [0.1, 0.15) is 11.5 Å². The lowest BCUT2D eigenvalue weighted by Crippen LogP contribution is -2.51. The Labute approximate surface area is 277 Å². The highest BCUT2D eigenvalue weighted by Crippen LogP contribution is 2.60. The lowest BCUT2D eigenvalue weighted by Gasteiger charge is -2.37. The fourth-order valence-corrected chi connectivity index (χ4v) is 11.9. The van der Waals surface area contributed by atoms with E-state index in [4.69, 9.17) is 14.2 Å². The first-order valence-corrected chi connectivity index (χ1v) is 19.1. The Morgan fingerprint density at radius 1 is 0.915 bits per heavy atom. The predicted octanol–water partition coefficient (Wildman–Crippen LogP) is 6.14. The van der Waals surface area contributed by atoms with Crippen LogP contribution in [-0.4, -0.2) is 52.4 Å². The number of methoxy groups -OCH3 is 2. The lowest BCUT2D eigenvalue weighted by molar-refractivity contribution is -0.146. The van der Waals surface area contributed by atoms with E-state index in [1.165, 1.54) is 5.19 Å². The van der Waals surface area contributed by atoms with Crippen LogP contribution < -0.4 is 24.5 Å². The molecule has 47 heavy (non-hydrogen) atoms. The molecule has 0 unspecified atom stereocenters. The molecule has 2 heterocycles. The molecule has 1 N–H and O–H groups in total. The minimum absolute atomic E-state index is 0.0290. The van der Waals surface area contributed by atoms with Crippen LogP contribution in [0.2, 0.25) is 18.6 Å². The highest BCUT2D eigenvalue weighted by Gasteiger charge is 2.66. The number of benzene rings is 4. The third kappa shape index (κ3) is 5.52. The van der Waals surface area contributed by atoms with Crippen LogP contribution in [0, 0.1) is 5.92 Å². The quantitative estimate of drug-likeness (QED) is 0.155. The molecule has 0 saturated carbocycles. The van der Waals surface area contributed by atoms with E-state index < -0.39 is 13.7 Å². The van der Waals surface area contributed by atoms with Crippen molar-refractivity contribution in [2.75, 3.05) is 30.6 Å². The summed E-state index contributed by atoms with van der Waals surface area (Å²) >= 11 is 0. The molecule has 1 fully saturated rings. The van der Waals surface area contributed by atoms with Gasteiger partial charge in [0.25, 0.3) is 5.91 Å². The molecular weight excluding hydrogens is 609 g/mol. The van der Waals surface area contributed by atoms with E-state index in [0.717, 1.165) is 34.7 Å². The number of rotatable bonds is 11. The summed E-state index contributed by atoms with van der Waals surface area (Å²) in [6, 6.07) is 31.1. The molecule has 2 amide bonds. The molecule has 0 aliphatic carbocycles. The SMILES string of the molecule is COc1ccc([Si](C)(C)[C@H]2[C@H](CCO)O[C@@]3(C(=O)N(Cc4cccc(N(C=O)c5ccccc5)c4)c4ccc(OC)cc43)[C@@H]2C)cc1. The second kappa shape index (κ2) is 13.0. The Hall–Kier alpha value is -4.44. The van der Waals surface area contributed by atoms with Crippen LogP contribution in [0.5, 0.6) is 11.5 Å². The van der Waals surface area contributed by atoms with Crippen LogP contribution in [0.4, 0.5) is 17.1 Å². The smallest absolute Gasteiger partial charge is 0.264 e. The van der Waals surface area contributed by atoms with Gasteiger partial charge < -0.3 is 24.2 Å². The largest absolute Gasteiger partial charge is 0.497 e. The van der Waals surface area contributed by atoms with Crippen molar-refractivity contribution in [1.29, 1.82) is 0 Å². The first-order valence-electron chi connectivity index (χ1n) is 16.0. The second-order valence-corrected chi connectivity index (χ2v) is 17.6. The van der Waals surface area contributed by atoms with Crippen molar-refractivity contribution in [1.82, 2.24) is 0 Å². The number of para-hydroxylation sites is 1. The molecule has 1 saturated heterocycles. The van der Waals surface area contributed by atoms with Crippen LogP contribution in [0.25, 0.3) is 0 Å². The number of hydrogen-bond donors (Lipinski definition) is 1.